The number of rotatable bonds is 4. The maximum absolute atomic E-state index is 13.4. The van der Waals surface area contributed by atoms with Crippen molar-refractivity contribution in [3.05, 3.63) is 29.8 Å². The maximum atomic E-state index is 13.4. The van der Waals surface area contributed by atoms with E-state index in [4.69, 9.17) is 0 Å². The number of carbonyl (C=O) groups is 1. The molecule has 5 heteroatoms. The summed E-state index contributed by atoms with van der Waals surface area (Å²) in [6.45, 7) is 4.00. The third-order valence-electron chi connectivity index (χ3n) is 3.74. The summed E-state index contributed by atoms with van der Waals surface area (Å²) >= 11 is 0. The van der Waals surface area contributed by atoms with E-state index in [2.05, 4.69) is 12.2 Å². The van der Waals surface area contributed by atoms with Crippen molar-refractivity contribution < 1.29 is 13.6 Å². The summed E-state index contributed by atoms with van der Waals surface area (Å²) < 4.78 is 26.7. The summed E-state index contributed by atoms with van der Waals surface area (Å²) in [5, 5.41) is 2.66. The largest absolute Gasteiger partial charge is 0.380 e. The molecule has 0 atom stereocenters. The summed E-state index contributed by atoms with van der Waals surface area (Å²) in [6, 6.07) is 3.70. The Labute approximate surface area is 118 Å². The second-order valence-corrected chi connectivity index (χ2v) is 5.34. The number of anilines is 1. The maximum Gasteiger partial charge on any atom is 0.224 e. The van der Waals surface area contributed by atoms with Gasteiger partial charge < -0.3 is 10.2 Å². The number of hydrogen-bond acceptors (Lipinski definition) is 2. The van der Waals surface area contributed by atoms with Crippen LogP contribution in [0.25, 0.3) is 0 Å². The van der Waals surface area contributed by atoms with Gasteiger partial charge in [-0.05, 0) is 30.9 Å². The Balaban J connectivity index is 1.79. The molecule has 20 heavy (non-hydrogen) atoms. The number of likely N-dealkylation sites (tertiary alicyclic amines) is 1. The number of para-hydroxylation sites is 1. The third-order valence-corrected chi connectivity index (χ3v) is 3.74. The Kier molecular flexibility index (Phi) is 4.93. The lowest BCUT2D eigenvalue weighted by Crippen LogP contribution is -2.38. The number of benzene rings is 1. The number of halogens is 2. The highest BCUT2D eigenvalue weighted by atomic mass is 19.1. The van der Waals surface area contributed by atoms with Gasteiger partial charge in [0.05, 0.1) is 0 Å². The zero-order valence-electron chi connectivity index (χ0n) is 11.7. The molecule has 0 saturated carbocycles. The highest BCUT2D eigenvalue weighted by Gasteiger charge is 2.19. The minimum Gasteiger partial charge on any atom is -0.380 e. The summed E-state index contributed by atoms with van der Waals surface area (Å²) in [4.78, 5) is 13.8. The first-order valence-electron chi connectivity index (χ1n) is 7.03. The van der Waals surface area contributed by atoms with Gasteiger partial charge in [0.15, 0.2) is 0 Å². The second kappa shape index (κ2) is 6.68. The summed E-state index contributed by atoms with van der Waals surface area (Å²) in [7, 11) is 0. The van der Waals surface area contributed by atoms with Crippen LogP contribution in [0.15, 0.2) is 18.2 Å². The van der Waals surface area contributed by atoms with Crippen molar-refractivity contribution in [3.63, 3.8) is 0 Å². The highest BCUT2D eigenvalue weighted by Crippen LogP contribution is 2.19. The minimum absolute atomic E-state index is 0.0427. The molecule has 1 aromatic carbocycles. The average molecular weight is 282 g/mol. The number of nitrogens with one attached hydrogen (secondary N) is 1. The molecule has 0 bridgehead atoms. The Bertz CT molecular complexity index is 451. The topological polar surface area (TPSA) is 32.3 Å². The van der Waals surface area contributed by atoms with E-state index in [0.29, 0.717) is 5.92 Å². The molecule has 0 unspecified atom stereocenters. The van der Waals surface area contributed by atoms with Crippen LogP contribution in [0.5, 0.6) is 0 Å². The Morgan fingerprint density at radius 2 is 1.90 bits per heavy atom. The lowest BCUT2D eigenvalue weighted by Gasteiger charge is -2.30. The number of carbonyl (C=O) groups excluding carboxylic acids is 1. The SMILES string of the molecule is CC1CCN(C(=O)CCNc2c(F)cccc2F)CC1. The Morgan fingerprint density at radius 1 is 1.30 bits per heavy atom. The van der Waals surface area contributed by atoms with Gasteiger partial charge in [-0.15, -0.1) is 0 Å². The van der Waals surface area contributed by atoms with E-state index in [-0.39, 0.29) is 24.6 Å². The van der Waals surface area contributed by atoms with E-state index in [9.17, 15) is 13.6 Å². The van der Waals surface area contributed by atoms with E-state index in [1.165, 1.54) is 18.2 Å². The van der Waals surface area contributed by atoms with Gasteiger partial charge in [-0.3, -0.25) is 4.79 Å². The number of nitrogens with zero attached hydrogens (tertiary/aromatic N) is 1. The van der Waals surface area contributed by atoms with Crippen LogP contribution in [-0.4, -0.2) is 30.4 Å². The van der Waals surface area contributed by atoms with E-state index in [0.717, 1.165) is 25.9 Å². The molecule has 1 saturated heterocycles. The fourth-order valence-electron chi connectivity index (χ4n) is 2.38. The molecule has 1 heterocycles. The van der Waals surface area contributed by atoms with Gasteiger partial charge >= 0.3 is 0 Å². The standard InChI is InChI=1S/C15H20F2N2O/c1-11-6-9-19(10-7-11)14(20)5-8-18-15-12(16)3-2-4-13(15)17/h2-4,11,18H,5-10H2,1H3. The first-order valence-corrected chi connectivity index (χ1v) is 7.03. The predicted octanol–water partition coefficient (Wildman–Crippen LogP) is 3.03. The van der Waals surface area contributed by atoms with E-state index < -0.39 is 11.6 Å². The second-order valence-electron chi connectivity index (χ2n) is 5.34. The monoisotopic (exact) mass is 282 g/mol. The molecule has 1 aliphatic rings. The molecule has 1 aliphatic heterocycles. The molecular weight excluding hydrogens is 262 g/mol. The van der Waals surface area contributed by atoms with Gasteiger partial charge in [0.1, 0.15) is 17.3 Å². The van der Waals surface area contributed by atoms with Crippen LogP contribution >= 0.6 is 0 Å². The van der Waals surface area contributed by atoms with E-state index in [1.807, 2.05) is 4.90 Å². The lowest BCUT2D eigenvalue weighted by molar-refractivity contribution is -0.132. The number of amides is 1. The fourth-order valence-corrected chi connectivity index (χ4v) is 2.38. The number of piperidine rings is 1. The van der Waals surface area contributed by atoms with Crippen molar-refractivity contribution in [2.24, 2.45) is 5.92 Å². The van der Waals surface area contributed by atoms with Gasteiger partial charge in [-0.2, -0.15) is 0 Å². The van der Waals surface area contributed by atoms with Crippen LogP contribution in [0.2, 0.25) is 0 Å². The molecular formula is C15H20F2N2O. The normalized spacial score (nSPS) is 16.2. The molecule has 1 aromatic rings. The van der Waals surface area contributed by atoms with Crippen LogP contribution in [0.4, 0.5) is 14.5 Å². The molecule has 0 aromatic heterocycles. The van der Waals surface area contributed by atoms with E-state index >= 15 is 0 Å². The van der Waals surface area contributed by atoms with Crippen molar-refractivity contribution in [2.75, 3.05) is 25.0 Å². The van der Waals surface area contributed by atoms with Crippen LogP contribution in [0.3, 0.4) is 0 Å². The van der Waals surface area contributed by atoms with Gasteiger partial charge in [-0.25, -0.2) is 8.78 Å². The molecule has 1 N–H and O–H groups in total. The molecule has 1 fully saturated rings. The number of hydrogen-bond donors (Lipinski definition) is 1. The zero-order chi connectivity index (χ0) is 14.5. The molecule has 1 amide bonds. The van der Waals surface area contributed by atoms with Crippen molar-refractivity contribution in [2.45, 2.75) is 26.2 Å². The minimum atomic E-state index is -0.635. The van der Waals surface area contributed by atoms with Crippen LogP contribution in [-0.2, 0) is 4.79 Å². The van der Waals surface area contributed by atoms with Gasteiger partial charge in [0.25, 0.3) is 0 Å². The van der Waals surface area contributed by atoms with Gasteiger partial charge in [0, 0.05) is 26.1 Å². The fraction of sp³-hybridized carbons (Fsp3) is 0.533. The smallest absolute Gasteiger partial charge is 0.224 e. The van der Waals surface area contributed by atoms with Gasteiger partial charge in [0.2, 0.25) is 5.91 Å². The van der Waals surface area contributed by atoms with Crippen molar-refractivity contribution in [1.29, 1.82) is 0 Å². The summed E-state index contributed by atoms with van der Waals surface area (Å²) in [6.07, 6.45) is 2.31. The van der Waals surface area contributed by atoms with Crippen molar-refractivity contribution in [1.82, 2.24) is 4.90 Å². The Morgan fingerprint density at radius 3 is 2.50 bits per heavy atom. The average Bonchev–Trinajstić information content (AvgIpc) is 2.42. The van der Waals surface area contributed by atoms with E-state index in [1.54, 1.807) is 0 Å². The molecule has 3 nitrogen and oxygen atoms in total. The lowest BCUT2D eigenvalue weighted by atomic mass is 9.99. The van der Waals surface area contributed by atoms with Crippen LogP contribution in [0, 0.1) is 17.6 Å². The quantitative estimate of drug-likeness (QED) is 0.920. The molecule has 0 radical (unpaired) electrons. The Hall–Kier alpha value is -1.65. The summed E-state index contributed by atoms with van der Waals surface area (Å²) in [5.41, 5.74) is -0.160. The third kappa shape index (κ3) is 3.68. The molecule has 110 valence electrons. The van der Waals surface area contributed by atoms with Crippen LogP contribution in [0.1, 0.15) is 26.2 Å². The molecule has 0 spiro atoms. The van der Waals surface area contributed by atoms with Crippen molar-refractivity contribution >= 4 is 11.6 Å². The summed E-state index contributed by atoms with van der Waals surface area (Å²) in [5.74, 6) is -0.556. The van der Waals surface area contributed by atoms with Gasteiger partial charge in [-0.1, -0.05) is 13.0 Å². The predicted molar refractivity (Wildman–Crippen MR) is 74.4 cm³/mol. The van der Waals surface area contributed by atoms with Crippen molar-refractivity contribution in [3.8, 4) is 0 Å². The van der Waals surface area contributed by atoms with Crippen LogP contribution < -0.4 is 5.32 Å². The first-order chi connectivity index (χ1) is 9.58. The molecule has 2 rings (SSSR count). The first kappa shape index (κ1) is 14.8. The highest BCUT2D eigenvalue weighted by molar-refractivity contribution is 5.76. The molecule has 0 aliphatic carbocycles. The zero-order valence-corrected chi connectivity index (χ0v) is 11.7.